The molecule has 2 unspecified atom stereocenters. The maximum Gasteiger partial charge on any atom is 0.220 e. The minimum atomic E-state index is 0. The fourth-order valence-electron chi connectivity index (χ4n) is 3.81. The van der Waals surface area contributed by atoms with Gasteiger partial charge in [-0.25, -0.2) is 0 Å². The zero-order chi connectivity index (χ0) is 14.2. The summed E-state index contributed by atoms with van der Waals surface area (Å²) in [5.41, 5.74) is 0. The number of rotatable bonds is 7. The Hall–Kier alpha value is -0.280. The molecule has 2 aliphatic rings. The van der Waals surface area contributed by atoms with Crippen LogP contribution in [-0.4, -0.2) is 25.5 Å². The maximum atomic E-state index is 12.0. The van der Waals surface area contributed by atoms with Gasteiger partial charge < -0.3 is 10.6 Å². The molecule has 1 amide bonds. The number of amides is 1. The molecule has 1 saturated carbocycles. The van der Waals surface area contributed by atoms with Crippen LogP contribution in [-0.2, 0) is 4.79 Å². The number of carbonyl (C=O) groups excluding carboxylic acids is 1. The molecule has 0 aromatic rings. The van der Waals surface area contributed by atoms with Crippen molar-refractivity contribution in [2.45, 2.75) is 64.7 Å². The highest BCUT2D eigenvalue weighted by Gasteiger charge is 2.21. The third-order valence-electron chi connectivity index (χ3n) is 5.23. The molecular formula is C17H33ClN2O. The van der Waals surface area contributed by atoms with Gasteiger partial charge in [-0.2, -0.15) is 0 Å². The smallest absolute Gasteiger partial charge is 0.220 e. The Labute approximate surface area is 136 Å². The highest BCUT2D eigenvalue weighted by atomic mass is 35.5. The highest BCUT2D eigenvalue weighted by Crippen LogP contribution is 2.28. The largest absolute Gasteiger partial charge is 0.356 e. The third-order valence-corrected chi connectivity index (χ3v) is 5.23. The minimum absolute atomic E-state index is 0. The molecule has 2 N–H and O–H groups in total. The fourth-order valence-corrected chi connectivity index (χ4v) is 3.81. The standard InChI is InChI=1S/C17H32N2O.ClH/c1-14(16-9-5-10-18-13-16)12-17(20)19-11-4-8-15-6-2-3-7-15;/h14-16,18H,2-13H2,1H3,(H,19,20);1H. The van der Waals surface area contributed by atoms with Crippen molar-refractivity contribution in [3.63, 3.8) is 0 Å². The van der Waals surface area contributed by atoms with E-state index in [4.69, 9.17) is 0 Å². The Morgan fingerprint density at radius 1 is 1.24 bits per heavy atom. The van der Waals surface area contributed by atoms with E-state index in [1.807, 2.05) is 0 Å². The summed E-state index contributed by atoms with van der Waals surface area (Å²) in [4.78, 5) is 12.0. The van der Waals surface area contributed by atoms with Gasteiger partial charge >= 0.3 is 0 Å². The van der Waals surface area contributed by atoms with Crippen molar-refractivity contribution in [1.82, 2.24) is 10.6 Å². The van der Waals surface area contributed by atoms with Gasteiger partial charge in [0.1, 0.15) is 0 Å². The number of piperidine rings is 1. The normalized spacial score (nSPS) is 24.3. The zero-order valence-corrected chi connectivity index (χ0v) is 14.4. The van der Waals surface area contributed by atoms with E-state index in [0.29, 0.717) is 18.3 Å². The van der Waals surface area contributed by atoms with Crippen LogP contribution in [0.25, 0.3) is 0 Å². The summed E-state index contributed by atoms with van der Waals surface area (Å²) in [5.74, 6) is 2.40. The van der Waals surface area contributed by atoms with Crippen LogP contribution in [0.5, 0.6) is 0 Å². The van der Waals surface area contributed by atoms with Gasteiger partial charge in [-0.3, -0.25) is 4.79 Å². The summed E-state index contributed by atoms with van der Waals surface area (Å²) in [6.07, 6.45) is 11.4. The van der Waals surface area contributed by atoms with Gasteiger partial charge in [0.05, 0.1) is 0 Å². The first-order valence-electron chi connectivity index (χ1n) is 8.73. The number of hydrogen-bond acceptors (Lipinski definition) is 2. The summed E-state index contributed by atoms with van der Waals surface area (Å²) in [5, 5.41) is 6.56. The molecule has 1 aliphatic heterocycles. The van der Waals surface area contributed by atoms with E-state index in [2.05, 4.69) is 17.6 Å². The van der Waals surface area contributed by atoms with Crippen molar-refractivity contribution >= 4 is 18.3 Å². The molecular weight excluding hydrogens is 284 g/mol. The van der Waals surface area contributed by atoms with Crippen molar-refractivity contribution in [1.29, 1.82) is 0 Å². The molecule has 3 nitrogen and oxygen atoms in total. The van der Waals surface area contributed by atoms with E-state index >= 15 is 0 Å². The topological polar surface area (TPSA) is 41.1 Å². The van der Waals surface area contributed by atoms with Gasteiger partial charge in [0.2, 0.25) is 5.91 Å². The second-order valence-electron chi connectivity index (χ2n) is 6.93. The van der Waals surface area contributed by atoms with Gasteiger partial charge in [0.25, 0.3) is 0 Å². The van der Waals surface area contributed by atoms with Gasteiger partial charge in [-0.05, 0) is 56.5 Å². The SMILES string of the molecule is CC(CC(=O)NCCCC1CCCC1)C1CCCNC1.Cl. The third kappa shape index (κ3) is 7.01. The first-order valence-corrected chi connectivity index (χ1v) is 8.73. The Morgan fingerprint density at radius 3 is 2.67 bits per heavy atom. The van der Waals surface area contributed by atoms with Gasteiger partial charge in [-0.1, -0.05) is 32.6 Å². The number of nitrogens with one attached hydrogen (secondary N) is 2. The second-order valence-corrected chi connectivity index (χ2v) is 6.93. The van der Waals surface area contributed by atoms with Crippen LogP contribution in [0.2, 0.25) is 0 Å². The molecule has 0 radical (unpaired) electrons. The summed E-state index contributed by atoms with van der Waals surface area (Å²) < 4.78 is 0. The van der Waals surface area contributed by atoms with Crippen molar-refractivity contribution in [3.8, 4) is 0 Å². The summed E-state index contributed by atoms with van der Waals surface area (Å²) >= 11 is 0. The van der Waals surface area contributed by atoms with Crippen LogP contribution in [0.3, 0.4) is 0 Å². The molecule has 2 rings (SSSR count). The van der Waals surface area contributed by atoms with E-state index < -0.39 is 0 Å². The van der Waals surface area contributed by atoms with Crippen LogP contribution in [0.15, 0.2) is 0 Å². The van der Waals surface area contributed by atoms with Crippen LogP contribution < -0.4 is 10.6 Å². The average Bonchev–Trinajstić information content (AvgIpc) is 2.98. The molecule has 0 spiro atoms. The minimum Gasteiger partial charge on any atom is -0.356 e. The van der Waals surface area contributed by atoms with E-state index in [-0.39, 0.29) is 18.3 Å². The summed E-state index contributed by atoms with van der Waals surface area (Å²) in [6.45, 7) is 5.35. The van der Waals surface area contributed by atoms with E-state index in [1.54, 1.807) is 0 Å². The Balaban J connectivity index is 0.00000220. The van der Waals surface area contributed by atoms with Crippen molar-refractivity contribution in [2.75, 3.05) is 19.6 Å². The van der Waals surface area contributed by atoms with E-state index in [9.17, 15) is 4.79 Å². The van der Waals surface area contributed by atoms with Gasteiger partial charge in [-0.15, -0.1) is 12.4 Å². The lowest BCUT2D eigenvalue weighted by Gasteiger charge is -2.28. The first-order chi connectivity index (χ1) is 9.75. The summed E-state index contributed by atoms with van der Waals surface area (Å²) in [6, 6.07) is 0. The Kier molecular flexibility index (Phi) is 9.34. The molecule has 2 fully saturated rings. The van der Waals surface area contributed by atoms with Crippen LogP contribution >= 0.6 is 12.4 Å². The summed E-state index contributed by atoms with van der Waals surface area (Å²) in [7, 11) is 0. The first kappa shape index (κ1) is 18.8. The van der Waals surface area contributed by atoms with Crippen LogP contribution in [0.4, 0.5) is 0 Å². The Morgan fingerprint density at radius 2 is 2.00 bits per heavy atom. The van der Waals surface area contributed by atoms with Gasteiger partial charge in [0, 0.05) is 13.0 Å². The molecule has 124 valence electrons. The molecule has 21 heavy (non-hydrogen) atoms. The van der Waals surface area contributed by atoms with Crippen LogP contribution in [0, 0.1) is 17.8 Å². The Bertz CT molecular complexity index is 287. The van der Waals surface area contributed by atoms with Gasteiger partial charge in [0.15, 0.2) is 0 Å². The molecule has 4 heteroatoms. The lowest BCUT2D eigenvalue weighted by atomic mass is 9.85. The number of hydrogen-bond donors (Lipinski definition) is 2. The molecule has 2 atom stereocenters. The number of carbonyl (C=O) groups is 1. The predicted octanol–water partition coefficient (Wildman–Crippen LogP) is 3.52. The maximum absolute atomic E-state index is 12.0. The predicted molar refractivity (Wildman–Crippen MR) is 90.8 cm³/mol. The number of halogens is 1. The molecule has 1 saturated heterocycles. The lowest BCUT2D eigenvalue weighted by molar-refractivity contribution is -0.122. The fraction of sp³-hybridized carbons (Fsp3) is 0.941. The van der Waals surface area contributed by atoms with Crippen molar-refractivity contribution in [3.05, 3.63) is 0 Å². The monoisotopic (exact) mass is 316 g/mol. The van der Waals surface area contributed by atoms with Crippen molar-refractivity contribution < 1.29 is 4.79 Å². The quantitative estimate of drug-likeness (QED) is 0.706. The van der Waals surface area contributed by atoms with E-state index in [0.717, 1.165) is 32.0 Å². The second kappa shape index (κ2) is 10.4. The average molecular weight is 317 g/mol. The highest BCUT2D eigenvalue weighted by molar-refractivity contribution is 5.85. The molecule has 0 aromatic heterocycles. The van der Waals surface area contributed by atoms with Crippen molar-refractivity contribution in [2.24, 2.45) is 17.8 Å². The molecule has 0 aromatic carbocycles. The van der Waals surface area contributed by atoms with Crippen LogP contribution in [0.1, 0.15) is 64.7 Å². The molecule has 1 heterocycles. The molecule has 0 bridgehead atoms. The lowest BCUT2D eigenvalue weighted by Crippen LogP contribution is -2.35. The molecule has 1 aliphatic carbocycles. The van der Waals surface area contributed by atoms with E-state index in [1.165, 1.54) is 44.9 Å². The zero-order valence-electron chi connectivity index (χ0n) is 13.5.